The average Bonchev–Trinajstić information content (AvgIpc) is 2.66. The highest BCUT2D eigenvalue weighted by molar-refractivity contribution is 5.75. The monoisotopic (exact) mass is 216 g/mol. The van der Waals surface area contributed by atoms with Gasteiger partial charge in [0.05, 0.1) is 18.3 Å². The average molecular weight is 216 g/mol. The van der Waals surface area contributed by atoms with Crippen LogP contribution in [0.15, 0.2) is 30.5 Å². The first-order chi connectivity index (χ1) is 7.66. The van der Waals surface area contributed by atoms with E-state index in [1.165, 1.54) is 5.56 Å². The molecule has 0 spiro atoms. The van der Waals surface area contributed by atoms with Crippen LogP contribution in [0, 0.1) is 6.92 Å². The summed E-state index contributed by atoms with van der Waals surface area (Å²) in [6.07, 6.45) is 1.62. The molecule has 1 aromatic carbocycles. The molecule has 2 N–H and O–H groups in total. The summed E-state index contributed by atoms with van der Waals surface area (Å²) < 4.78 is 0. The number of hydrogen-bond acceptors (Lipinski definition) is 2. The first-order valence-electron chi connectivity index (χ1n) is 4.98. The van der Waals surface area contributed by atoms with Gasteiger partial charge in [-0.3, -0.25) is 9.89 Å². The molecule has 82 valence electrons. The number of rotatable bonds is 3. The zero-order chi connectivity index (χ0) is 11.5. The van der Waals surface area contributed by atoms with E-state index in [0.717, 1.165) is 11.1 Å². The summed E-state index contributed by atoms with van der Waals surface area (Å²) in [5.74, 6) is -0.863. The molecule has 0 saturated heterocycles. The van der Waals surface area contributed by atoms with Gasteiger partial charge >= 0.3 is 5.97 Å². The van der Waals surface area contributed by atoms with Crippen LogP contribution < -0.4 is 0 Å². The van der Waals surface area contributed by atoms with Gasteiger partial charge in [-0.15, -0.1) is 0 Å². The maximum atomic E-state index is 10.7. The van der Waals surface area contributed by atoms with Crippen molar-refractivity contribution in [2.75, 3.05) is 0 Å². The lowest BCUT2D eigenvalue weighted by molar-refractivity contribution is -0.136. The predicted octanol–water partition coefficient (Wildman–Crippen LogP) is 2.01. The van der Waals surface area contributed by atoms with Crippen molar-refractivity contribution in [1.82, 2.24) is 10.2 Å². The Labute approximate surface area is 92.9 Å². The molecule has 0 aliphatic heterocycles. The van der Waals surface area contributed by atoms with Crippen molar-refractivity contribution in [2.45, 2.75) is 13.3 Å². The number of hydrogen-bond donors (Lipinski definition) is 2. The Kier molecular flexibility index (Phi) is 2.72. The van der Waals surface area contributed by atoms with Crippen molar-refractivity contribution < 1.29 is 9.90 Å². The van der Waals surface area contributed by atoms with E-state index in [2.05, 4.69) is 10.2 Å². The van der Waals surface area contributed by atoms with Gasteiger partial charge in [0.25, 0.3) is 0 Å². The van der Waals surface area contributed by atoms with Crippen LogP contribution in [-0.2, 0) is 11.2 Å². The Bertz CT molecular complexity index is 500. The molecule has 0 fully saturated rings. The number of nitrogens with one attached hydrogen (secondary N) is 1. The molecule has 0 aliphatic rings. The molecule has 0 atom stereocenters. The van der Waals surface area contributed by atoms with Crippen molar-refractivity contribution in [1.29, 1.82) is 0 Å². The number of carboxylic acids is 1. The van der Waals surface area contributed by atoms with Crippen LogP contribution in [0.3, 0.4) is 0 Å². The second kappa shape index (κ2) is 4.18. The molecule has 0 aliphatic carbocycles. The summed E-state index contributed by atoms with van der Waals surface area (Å²) in [5, 5.41) is 15.4. The van der Waals surface area contributed by atoms with Crippen LogP contribution in [0.1, 0.15) is 11.3 Å². The standard InChI is InChI=1S/C12H12N2O2/c1-8-2-4-9(5-3-8)10-7-13-14-11(10)6-12(15)16/h2-5,7H,6H2,1H3,(H,13,14)(H,15,16). The Balaban J connectivity index is 2.36. The lowest BCUT2D eigenvalue weighted by Gasteiger charge is -2.01. The molecule has 4 heteroatoms. The maximum absolute atomic E-state index is 10.7. The minimum absolute atomic E-state index is 0.0385. The van der Waals surface area contributed by atoms with Crippen molar-refractivity contribution >= 4 is 5.97 Å². The Morgan fingerprint density at radius 1 is 1.38 bits per heavy atom. The molecule has 0 amide bonds. The number of benzene rings is 1. The Morgan fingerprint density at radius 3 is 2.69 bits per heavy atom. The number of carboxylic acid groups (broad SMARTS) is 1. The minimum atomic E-state index is -0.863. The van der Waals surface area contributed by atoms with Gasteiger partial charge in [-0.25, -0.2) is 0 Å². The van der Waals surface area contributed by atoms with E-state index >= 15 is 0 Å². The van der Waals surface area contributed by atoms with Crippen LogP contribution in [0.2, 0.25) is 0 Å². The van der Waals surface area contributed by atoms with Gasteiger partial charge in [-0.05, 0) is 12.5 Å². The highest BCUT2D eigenvalue weighted by Crippen LogP contribution is 2.22. The number of aryl methyl sites for hydroxylation is 1. The second-order valence-electron chi connectivity index (χ2n) is 3.70. The fraction of sp³-hybridized carbons (Fsp3) is 0.167. The quantitative estimate of drug-likeness (QED) is 0.824. The Morgan fingerprint density at radius 2 is 2.06 bits per heavy atom. The van der Waals surface area contributed by atoms with Gasteiger partial charge in [-0.1, -0.05) is 29.8 Å². The normalized spacial score (nSPS) is 10.3. The van der Waals surface area contributed by atoms with Crippen molar-refractivity contribution in [3.63, 3.8) is 0 Å². The first-order valence-corrected chi connectivity index (χ1v) is 4.98. The van der Waals surface area contributed by atoms with Gasteiger partial charge in [0, 0.05) is 5.56 Å². The third kappa shape index (κ3) is 2.11. The molecule has 0 saturated carbocycles. The summed E-state index contributed by atoms with van der Waals surface area (Å²) in [5.41, 5.74) is 3.64. The summed E-state index contributed by atoms with van der Waals surface area (Å²) >= 11 is 0. The zero-order valence-electron chi connectivity index (χ0n) is 8.90. The van der Waals surface area contributed by atoms with E-state index in [9.17, 15) is 4.79 Å². The van der Waals surface area contributed by atoms with E-state index in [1.54, 1.807) is 6.20 Å². The summed E-state index contributed by atoms with van der Waals surface area (Å²) in [7, 11) is 0. The van der Waals surface area contributed by atoms with Gasteiger partial charge in [0.15, 0.2) is 0 Å². The molecule has 1 heterocycles. The van der Waals surface area contributed by atoms with Gasteiger partial charge in [0.1, 0.15) is 0 Å². The van der Waals surface area contributed by atoms with Crippen molar-refractivity contribution in [3.05, 3.63) is 41.7 Å². The van der Waals surface area contributed by atoms with E-state index in [1.807, 2.05) is 31.2 Å². The van der Waals surface area contributed by atoms with Crippen LogP contribution in [0.25, 0.3) is 11.1 Å². The lowest BCUT2D eigenvalue weighted by atomic mass is 10.0. The largest absolute Gasteiger partial charge is 0.481 e. The minimum Gasteiger partial charge on any atom is -0.481 e. The first kappa shape index (κ1) is 10.4. The van der Waals surface area contributed by atoms with Crippen molar-refractivity contribution in [3.8, 4) is 11.1 Å². The topological polar surface area (TPSA) is 66.0 Å². The van der Waals surface area contributed by atoms with Crippen LogP contribution >= 0.6 is 0 Å². The molecule has 0 radical (unpaired) electrons. The van der Waals surface area contributed by atoms with Crippen LogP contribution in [-0.4, -0.2) is 21.3 Å². The molecule has 1 aromatic heterocycles. The predicted molar refractivity (Wildman–Crippen MR) is 60.1 cm³/mol. The molecule has 2 rings (SSSR count). The maximum Gasteiger partial charge on any atom is 0.309 e. The third-order valence-electron chi connectivity index (χ3n) is 2.41. The molecule has 0 unspecified atom stereocenters. The van der Waals surface area contributed by atoms with Crippen LogP contribution in [0.5, 0.6) is 0 Å². The van der Waals surface area contributed by atoms with E-state index in [4.69, 9.17) is 5.11 Å². The number of aromatic nitrogens is 2. The SMILES string of the molecule is Cc1ccc(-c2cn[nH]c2CC(=O)O)cc1. The molecular weight excluding hydrogens is 204 g/mol. The third-order valence-corrected chi connectivity index (χ3v) is 2.41. The number of aromatic amines is 1. The number of aliphatic carboxylic acids is 1. The molecule has 0 bridgehead atoms. The summed E-state index contributed by atoms with van der Waals surface area (Å²) in [4.78, 5) is 10.7. The van der Waals surface area contributed by atoms with Gasteiger partial charge in [-0.2, -0.15) is 5.10 Å². The molecule has 2 aromatic rings. The Hall–Kier alpha value is -2.10. The highest BCUT2D eigenvalue weighted by Gasteiger charge is 2.10. The molecule has 16 heavy (non-hydrogen) atoms. The number of H-pyrrole nitrogens is 1. The fourth-order valence-corrected chi connectivity index (χ4v) is 1.58. The fourth-order valence-electron chi connectivity index (χ4n) is 1.58. The zero-order valence-corrected chi connectivity index (χ0v) is 8.90. The second-order valence-corrected chi connectivity index (χ2v) is 3.70. The molecular formula is C12H12N2O2. The van der Waals surface area contributed by atoms with Crippen LogP contribution in [0.4, 0.5) is 0 Å². The van der Waals surface area contributed by atoms with E-state index in [-0.39, 0.29) is 6.42 Å². The van der Waals surface area contributed by atoms with Gasteiger partial charge in [0.2, 0.25) is 0 Å². The molecule has 4 nitrogen and oxygen atoms in total. The number of nitrogens with zero attached hydrogens (tertiary/aromatic N) is 1. The lowest BCUT2D eigenvalue weighted by Crippen LogP contribution is -2.01. The van der Waals surface area contributed by atoms with E-state index in [0.29, 0.717) is 5.69 Å². The number of carbonyl (C=O) groups is 1. The summed E-state index contributed by atoms with van der Waals surface area (Å²) in [6.45, 7) is 2.01. The van der Waals surface area contributed by atoms with E-state index < -0.39 is 5.97 Å². The van der Waals surface area contributed by atoms with Crippen molar-refractivity contribution in [2.24, 2.45) is 0 Å². The van der Waals surface area contributed by atoms with Gasteiger partial charge < -0.3 is 5.11 Å². The highest BCUT2D eigenvalue weighted by atomic mass is 16.4. The smallest absolute Gasteiger partial charge is 0.309 e. The summed E-state index contributed by atoms with van der Waals surface area (Å²) in [6, 6.07) is 7.91.